The molecule has 1 saturated heterocycles. The van der Waals surface area contributed by atoms with Gasteiger partial charge >= 0.3 is 0 Å². The number of hydrogen-bond donors (Lipinski definition) is 2. The van der Waals surface area contributed by atoms with Gasteiger partial charge < -0.3 is 20.1 Å². The highest BCUT2D eigenvalue weighted by Gasteiger charge is 2.59. The molecule has 5 nitrogen and oxygen atoms in total. The molecule has 0 aromatic carbocycles. The molecular weight excluding hydrogens is 441 g/mol. The Morgan fingerprint density at radius 2 is 2.00 bits per heavy atom. The van der Waals surface area contributed by atoms with Crippen LogP contribution in [0, 0.1) is 16.7 Å². The molecule has 0 aromatic heterocycles. The highest BCUT2D eigenvalue weighted by Crippen LogP contribution is 2.52. The fourth-order valence-corrected chi connectivity index (χ4v) is 5.26. The van der Waals surface area contributed by atoms with E-state index in [0.29, 0.717) is 23.5 Å². The quantitative estimate of drug-likeness (QED) is 0.333. The molecule has 3 aliphatic rings. The van der Waals surface area contributed by atoms with Crippen molar-refractivity contribution < 1.29 is 9.47 Å². The van der Waals surface area contributed by atoms with Gasteiger partial charge in [0.2, 0.25) is 0 Å². The van der Waals surface area contributed by atoms with Crippen molar-refractivity contribution in [1.29, 1.82) is 0 Å². The number of hydrogen-bond acceptors (Lipinski definition) is 3. The van der Waals surface area contributed by atoms with Gasteiger partial charge in [-0.3, -0.25) is 4.99 Å². The van der Waals surface area contributed by atoms with Gasteiger partial charge in [0.25, 0.3) is 0 Å². The van der Waals surface area contributed by atoms with Gasteiger partial charge in [0, 0.05) is 50.8 Å². The van der Waals surface area contributed by atoms with Crippen LogP contribution in [0.5, 0.6) is 0 Å². The standard InChI is InChI=1S/C20H37N3O2.HI/c1-5-21-18(22-14-20(11-13-24-4)9-6-7-10-20)23-16-15-8-12-25-17(15)19(16,2)3;/h15-17H,5-14H2,1-4H3,(H2,21,22,23);1H. The molecule has 0 bridgehead atoms. The van der Waals surface area contributed by atoms with Crippen molar-refractivity contribution in [1.82, 2.24) is 10.6 Å². The third-order valence-electron chi connectivity index (χ3n) is 6.81. The molecule has 2 saturated carbocycles. The van der Waals surface area contributed by atoms with Gasteiger partial charge in [-0.2, -0.15) is 0 Å². The van der Waals surface area contributed by atoms with Gasteiger partial charge in [-0.25, -0.2) is 0 Å². The van der Waals surface area contributed by atoms with E-state index in [-0.39, 0.29) is 29.4 Å². The molecule has 2 aliphatic carbocycles. The van der Waals surface area contributed by atoms with Crippen LogP contribution >= 0.6 is 24.0 Å². The van der Waals surface area contributed by atoms with Crippen molar-refractivity contribution in [3.05, 3.63) is 0 Å². The van der Waals surface area contributed by atoms with E-state index in [4.69, 9.17) is 14.5 Å². The van der Waals surface area contributed by atoms with Gasteiger partial charge in [0.15, 0.2) is 5.96 Å². The summed E-state index contributed by atoms with van der Waals surface area (Å²) >= 11 is 0. The zero-order valence-corrected chi connectivity index (χ0v) is 19.3. The lowest BCUT2D eigenvalue weighted by Crippen LogP contribution is -2.68. The number of guanidine groups is 1. The Kier molecular flexibility index (Phi) is 8.04. The van der Waals surface area contributed by atoms with Crippen LogP contribution in [-0.2, 0) is 9.47 Å². The first-order valence-corrected chi connectivity index (χ1v) is 10.2. The molecule has 3 unspecified atom stereocenters. The fraction of sp³-hybridized carbons (Fsp3) is 0.950. The van der Waals surface area contributed by atoms with Crippen molar-refractivity contribution in [2.45, 2.75) is 71.4 Å². The maximum absolute atomic E-state index is 5.93. The normalized spacial score (nSPS) is 31.7. The summed E-state index contributed by atoms with van der Waals surface area (Å²) in [7, 11) is 1.80. The summed E-state index contributed by atoms with van der Waals surface area (Å²) in [5, 5.41) is 7.20. The molecular formula is C20H38IN3O2. The van der Waals surface area contributed by atoms with Crippen molar-refractivity contribution >= 4 is 29.9 Å². The summed E-state index contributed by atoms with van der Waals surface area (Å²) in [6.07, 6.45) is 7.94. The van der Waals surface area contributed by atoms with Gasteiger partial charge in [0.05, 0.1) is 6.10 Å². The average Bonchev–Trinajstić information content (AvgIpc) is 3.24. The summed E-state index contributed by atoms with van der Waals surface area (Å²) in [5.41, 5.74) is 0.519. The second kappa shape index (κ2) is 9.41. The van der Waals surface area contributed by atoms with Crippen LogP contribution in [0.2, 0.25) is 0 Å². The van der Waals surface area contributed by atoms with E-state index in [1.807, 2.05) is 0 Å². The predicted octanol–water partition coefficient (Wildman–Crippen LogP) is 3.57. The summed E-state index contributed by atoms with van der Waals surface area (Å²) in [5.74, 6) is 1.61. The minimum atomic E-state index is 0. The number of aliphatic imine (C=N–C) groups is 1. The number of ether oxygens (including phenoxy) is 2. The average molecular weight is 479 g/mol. The third-order valence-corrected chi connectivity index (χ3v) is 6.81. The number of nitrogens with one attached hydrogen (secondary N) is 2. The largest absolute Gasteiger partial charge is 0.385 e. The topological polar surface area (TPSA) is 54.9 Å². The Labute approximate surface area is 176 Å². The molecule has 3 atom stereocenters. The molecule has 1 heterocycles. The number of halogens is 1. The van der Waals surface area contributed by atoms with Crippen LogP contribution in [0.15, 0.2) is 4.99 Å². The second-order valence-electron chi connectivity index (χ2n) is 8.83. The minimum absolute atomic E-state index is 0. The van der Waals surface area contributed by atoms with Crippen LogP contribution in [0.1, 0.15) is 59.3 Å². The summed E-state index contributed by atoms with van der Waals surface area (Å²) in [6, 6.07) is 0.455. The first kappa shape index (κ1) is 22.2. The van der Waals surface area contributed by atoms with E-state index in [9.17, 15) is 0 Å². The molecule has 1 aliphatic heterocycles. The zero-order valence-electron chi connectivity index (χ0n) is 17.0. The smallest absolute Gasteiger partial charge is 0.191 e. The Morgan fingerprint density at radius 1 is 1.27 bits per heavy atom. The molecule has 3 fully saturated rings. The van der Waals surface area contributed by atoms with Crippen LogP contribution in [0.3, 0.4) is 0 Å². The van der Waals surface area contributed by atoms with E-state index in [1.165, 1.54) is 32.1 Å². The number of fused-ring (bicyclic) bond motifs is 1. The molecule has 152 valence electrons. The molecule has 0 radical (unpaired) electrons. The van der Waals surface area contributed by atoms with Gasteiger partial charge in [0.1, 0.15) is 0 Å². The van der Waals surface area contributed by atoms with E-state index >= 15 is 0 Å². The van der Waals surface area contributed by atoms with E-state index in [1.54, 1.807) is 7.11 Å². The van der Waals surface area contributed by atoms with Crippen molar-refractivity contribution in [3.8, 4) is 0 Å². The van der Waals surface area contributed by atoms with E-state index in [2.05, 4.69) is 31.4 Å². The Balaban J connectivity index is 0.00000243. The predicted molar refractivity (Wildman–Crippen MR) is 117 cm³/mol. The number of methoxy groups -OCH3 is 1. The zero-order chi connectivity index (χ0) is 17.9. The third kappa shape index (κ3) is 4.49. The molecule has 3 rings (SSSR count). The van der Waals surface area contributed by atoms with Crippen molar-refractivity contribution in [3.63, 3.8) is 0 Å². The van der Waals surface area contributed by atoms with Crippen molar-refractivity contribution in [2.24, 2.45) is 21.7 Å². The van der Waals surface area contributed by atoms with Gasteiger partial charge in [-0.05, 0) is 38.0 Å². The summed E-state index contributed by atoms with van der Waals surface area (Å²) in [6.45, 7) is 10.3. The van der Waals surface area contributed by atoms with E-state index in [0.717, 1.165) is 38.7 Å². The number of rotatable bonds is 7. The second-order valence-corrected chi connectivity index (χ2v) is 8.83. The first-order valence-electron chi connectivity index (χ1n) is 10.2. The van der Waals surface area contributed by atoms with Crippen LogP contribution < -0.4 is 10.6 Å². The van der Waals surface area contributed by atoms with Crippen LogP contribution in [0.4, 0.5) is 0 Å². The lowest BCUT2D eigenvalue weighted by molar-refractivity contribution is -0.106. The van der Waals surface area contributed by atoms with Crippen LogP contribution in [-0.4, -0.2) is 51.5 Å². The van der Waals surface area contributed by atoms with Crippen LogP contribution in [0.25, 0.3) is 0 Å². The Bertz CT molecular complexity index is 478. The maximum atomic E-state index is 5.93. The molecule has 6 heteroatoms. The lowest BCUT2D eigenvalue weighted by Gasteiger charge is -2.55. The van der Waals surface area contributed by atoms with Gasteiger partial charge in [-0.15, -0.1) is 24.0 Å². The minimum Gasteiger partial charge on any atom is -0.385 e. The maximum Gasteiger partial charge on any atom is 0.191 e. The monoisotopic (exact) mass is 479 g/mol. The van der Waals surface area contributed by atoms with E-state index < -0.39 is 0 Å². The molecule has 0 amide bonds. The molecule has 0 spiro atoms. The lowest BCUT2D eigenvalue weighted by atomic mass is 9.57. The summed E-state index contributed by atoms with van der Waals surface area (Å²) in [4.78, 5) is 5.02. The Hall–Kier alpha value is -0.0800. The Morgan fingerprint density at radius 3 is 2.65 bits per heavy atom. The highest BCUT2D eigenvalue weighted by molar-refractivity contribution is 14.0. The molecule has 2 N–H and O–H groups in total. The molecule has 0 aromatic rings. The fourth-order valence-electron chi connectivity index (χ4n) is 5.26. The van der Waals surface area contributed by atoms with Gasteiger partial charge in [-0.1, -0.05) is 26.7 Å². The SMILES string of the molecule is CCNC(=NCC1(CCOC)CCCC1)NC1C2CCOC2C1(C)C.I. The molecule has 26 heavy (non-hydrogen) atoms. The number of nitrogens with zero attached hydrogens (tertiary/aromatic N) is 1. The first-order chi connectivity index (χ1) is 12.0. The van der Waals surface area contributed by atoms with Crippen molar-refractivity contribution in [2.75, 3.05) is 33.4 Å². The summed E-state index contributed by atoms with van der Waals surface area (Å²) < 4.78 is 11.3. The highest BCUT2D eigenvalue weighted by atomic mass is 127.